The zero-order valence-corrected chi connectivity index (χ0v) is 11.4. The molecule has 0 aliphatic carbocycles. The molecule has 8 heteroatoms. The third-order valence-electron chi connectivity index (χ3n) is 3.29. The molecular weight excluding hydrogens is 278 g/mol. The van der Waals surface area contributed by atoms with Crippen molar-refractivity contribution in [3.05, 3.63) is 33.9 Å². The van der Waals surface area contributed by atoms with Crippen LogP contribution in [0.25, 0.3) is 0 Å². The van der Waals surface area contributed by atoms with E-state index in [-0.39, 0.29) is 16.9 Å². The van der Waals surface area contributed by atoms with Crippen molar-refractivity contribution in [3.63, 3.8) is 0 Å². The van der Waals surface area contributed by atoms with E-state index in [0.717, 1.165) is 19.6 Å². The molecule has 1 aliphatic rings. The maximum atomic E-state index is 11.0. The number of aromatic carboxylic acids is 1. The summed E-state index contributed by atoms with van der Waals surface area (Å²) in [5.74, 6) is -1.11. The number of rotatable bonds is 6. The molecule has 0 saturated carbocycles. The van der Waals surface area contributed by atoms with Gasteiger partial charge in [-0.2, -0.15) is 0 Å². The lowest BCUT2D eigenvalue weighted by Crippen LogP contribution is -2.39. The molecule has 0 bridgehead atoms. The molecule has 0 spiro atoms. The Kier molecular flexibility index (Phi) is 5.07. The molecule has 114 valence electrons. The third kappa shape index (κ3) is 4.14. The highest BCUT2D eigenvalue weighted by Crippen LogP contribution is 2.25. The summed E-state index contributed by atoms with van der Waals surface area (Å²) < 4.78 is 5.24. The standard InChI is InChI=1S/C13H17N3O5/c17-13(18)10-1-2-12(16(19)20)11(9-10)14-3-4-15-5-7-21-8-6-15/h1-2,9,14H,3-8H2,(H,17,18). The smallest absolute Gasteiger partial charge is 0.335 e. The second-order valence-corrected chi connectivity index (χ2v) is 4.67. The maximum Gasteiger partial charge on any atom is 0.335 e. The molecule has 1 aromatic carbocycles. The number of carboxylic acids is 1. The summed E-state index contributed by atoms with van der Waals surface area (Å²) in [6.07, 6.45) is 0. The lowest BCUT2D eigenvalue weighted by molar-refractivity contribution is -0.384. The van der Waals surface area contributed by atoms with Gasteiger partial charge in [-0.05, 0) is 12.1 Å². The van der Waals surface area contributed by atoms with Gasteiger partial charge in [0.2, 0.25) is 0 Å². The Labute approximate surface area is 121 Å². The molecule has 2 rings (SSSR count). The van der Waals surface area contributed by atoms with Gasteiger partial charge in [0.25, 0.3) is 5.69 Å². The van der Waals surface area contributed by atoms with Gasteiger partial charge >= 0.3 is 5.97 Å². The molecular formula is C13H17N3O5. The maximum absolute atomic E-state index is 11.0. The number of ether oxygens (including phenoxy) is 1. The van der Waals surface area contributed by atoms with E-state index >= 15 is 0 Å². The van der Waals surface area contributed by atoms with Gasteiger partial charge in [0.05, 0.1) is 23.7 Å². The summed E-state index contributed by atoms with van der Waals surface area (Å²) in [7, 11) is 0. The average Bonchev–Trinajstić information content (AvgIpc) is 2.48. The van der Waals surface area contributed by atoms with E-state index in [1.165, 1.54) is 18.2 Å². The van der Waals surface area contributed by atoms with Crippen LogP contribution >= 0.6 is 0 Å². The minimum Gasteiger partial charge on any atom is -0.478 e. The Balaban J connectivity index is 2.00. The van der Waals surface area contributed by atoms with Crippen LogP contribution in [0.15, 0.2) is 18.2 Å². The Bertz CT molecular complexity index is 529. The molecule has 0 radical (unpaired) electrons. The summed E-state index contributed by atoms with van der Waals surface area (Å²) in [5, 5.41) is 22.9. The van der Waals surface area contributed by atoms with Crippen molar-refractivity contribution in [1.82, 2.24) is 4.90 Å². The van der Waals surface area contributed by atoms with Crippen LogP contribution in [0, 0.1) is 10.1 Å². The number of hydrogen-bond acceptors (Lipinski definition) is 6. The van der Waals surface area contributed by atoms with Crippen LogP contribution in [-0.2, 0) is 4.74 Å². The summed E-state index contributed by atoms with van der Waals surface area (Å²) in [4.78, 5) is 23.6. The predicted octanol–water partition coefficient (Wildman–Crippen LogP) is 1.04. The summed E-state index contributed by atoms with van der Waals surface area (Å²) >= 11 is 0. The molecule has 0 unspecified atom stereocenters. The fourth-order valence-electron chi connectivity index (χ4n) is 2.14. The van der Waals surface area contributed by atoms with Gasteiger partial charge in [-0.25, -0.2) is 4.79 Å². The SMILES string of the molecule is O=C(O)c1ccc([N+](=O)[O-])c(NCCN2CCOCC2)c1. The molecule has 1 aliphatic heterocycles. The first-order valence-corrected chi connectivity index (χ1v) is 6.63. The van der Waals surface area contributed by atoms with E-state index in [4.69, 9.17) is 9.84 Å². The highest BCUT2D eigenvalue weighted by molar-refractivity contribution is 5.90. The topological polar surface area (TPSA) is 105 Å². The highest BCUT2D eigenvalue weighted by atomic mass is 16.6. The van der Waals surface area contributed by atoms with Crippen LogP contribution in [-0.4, -0.2) is 60.3 Å². The number of nitro groups is 1. The van der Waals surface area contributed by atoms with Gasteiger partial charge in [0.1, 0.15) is 5.69 Å². The second kappa shape index (κ2) is 7.00. The minimum absolute atomic E-state index is 0.0227. The van der Waals surface area contributed by atoms with Crippen LogP contribution in [0.5, 0.6) is 0 Å². The fraction of sp³-hybridized carbons (Fsp3) is 0.462. The zero-order chi connectivity index (χ0) is 15.2. The fourth-order valence-corrected chi connectivity index (χ4v) is 2.14. The van der Waals surface area contributed by atoms with Crippen molar-refractivity contribution >= 4 is 17.3 Å². The predicted molar refractivity (Wildman–Crippen MR) is 75.8 cm³/mol. The first-order chi connectivity index (χ1) is 10.1. The molecule has 2 N–H and O–H groups in total. The van der Waals surface area contributed by atoms with Crippen LogP contribution in [0.4, 0.5) is 11.4 Å². The Morgan fingerprint density at radius 2 is 2.14 bits per heavy atom. The molecule has 21 heavy (non-hydrogen) atoms. The van der Waals surface area contributed by atoms with Gasteiger partial charge in [0.15, 0.2) is 0 Å². The molecule has 0 aromatic heterocycles. The molecule has 1 heterocycles. The van der Waals surface area contributed by atoms with Crippen molar-refractivity contribution in [3.8, 4) is 0 Å². The lowest BCUT2D eigenvalue weighted by Gasteiger charge is -2.26. The Morgan fingerprint density at radius 1 is 1.43 bits per heavy atom. The van der Waals surface area contributed by atoms with E-state index in [0.29, 0.717) is 19.8 Å². The van der Waals surface area contributed by atoms with Crippen molar-refractivity contribution in [2.24, 2.45) is 0 Å². The number of nitro benzene ring substituents is 1. The largest absolute Gasteiger partial charge is 0.478 e. The number of nitrogens with zero attached hydrogens (tertiary/aromatic N) is 2. The number of benzene rings is 1. The number of carboxylic acid groups (broad SMARTS) is 1. The third-order valence-corrected chi connectivity index (χ3v) is 3.29. The van der Waals surface area contributed by atoms with E-state index in [2.05, 4.69) is 10.2 Å². The average molecular weight is 295 g/mol. The highest BCUT2D eigenvalue weighted by Gasteiger charge is 2.17. The molecule has 0 atom stereocenters. The molecule has 1 fully saturated rings. The summed E-state index contributed by atoms with van der Waals surface area (Å²) in [6, 6.07) is 3.73. The van der Waals surface area contributed by atoms with Crippen molar-refractivity contribution in [2.75, 3.05) is 44.7 Å². The monoisotopic (exact) mass is 295 g/mol. The van der Waals surface area contributed by atoms with Crippen molar-refractivity contribution in [1.29, 1.82) is 0 Å². The number of anilines is 1. The molecule has 8 nitrogen and oxygen atoms in total. The number of carbonyl (C=O) groups is 1. The van der Waals surface area contributed by atoms with E-state index in [1.807, 2.05) is 0 Å². The van der Waals surface area contributed by atoms with Crippen LogP contribution in [0.1, 0.15) is 10.4 Å². The van der Waals surface area contributed by atoms with Crippen LogP contribution in [0.2, 0.25) is 0 Å². The van der Waals surface area contributed by atoms with Gasteiger partial charge < -0.3 is 15.2 Å². The van der Waals surface area contributed by atoms with Gasteiger partial charge in [0, 0.05) is 32.2 Å². The Morgan fingerprint density at radius 3 is 2.76 bits per heavy atom. The first-order valence-electron chi connectivity index (χ1n) is 6.63. The van der Waals surface area contributed by atoms with Gasteiger partial charge in [-0.1, -0.05) is 0 Å². The van der Waals surface area contributed by atoms with Crippen LogP contribution in [0.3, 0.4) is 0 Å². The normalized spacial score (nSPS) is 15.6. The lowest BCUT2D eigenvalue weighted by atomic mass is 10.1. The molecule has 1 aromatic rings. The zero-order valence-electron chi connectivity index (χ0n) is 11.4. The van der Waals surface area contributed by atoms with Gasteiger partial charge in [-0.3, -0.25) is 15.0 Å². The number of morpholine rings is 1. The molecule has 1 saturated heterocycles. The van der Waals surface area contributed by atoms with E-state index in [9.17, 15) is 14.9 Å². The van der Waals surface area contributed by atoms with Crippen LogP contribution < -0.4 is 5.32 Å². The van der Waals surface area contributed by atoms with Crippen molar-refractivity contribution in [2.45, 2.75) is 0 Å². The Hall–Kier alpha value is -2.19. The summed E-state index contributed by atoms with van der Waals surface area (Å²) in [6.45, 7) is 4.27. The number of nitrogens with one attached hydrogen (secondary N) is 1. The molecule has 0 amide bonds. The first kappa shape index (κ1) is 15.2. The van der Waals surface area contributed by atoms with E-state index in [1.54, 1.807) is 0 Å². The van der Waals surface area contributed by atoms with E-state index < -0.39 is 10.9 Å². The second-order valence-electron chi connectivity index (χ2n) is 4.67. The van der Waals surface area contributed by atoms with Crippen molar-refractivity contribution < 1.29 is 19.6 Å². The van der Waals surface area contributed by atoms with Gasteiger partial charge in [-0.15, -0.1) is 0 Å². The quantitative estimate of drug-likeness (QED) is 0.596. The number of hydrogen-bond donors (Lipinski definition) is 2. The summed E-state index contributed by atoms with van der Waals surface area (Å²) in [5.41, 5.74) is 0.129. The minimum atomic E-state index is -1.11.